The Morgan fingerprint density at radius 1 is 0.704 bits per heavy atom. The monoisotopic (exact) mass is 355 g/mol. The van der Waals surface area contributed by atoms with E-state index in [1.165, 1.54) is 22.5 Å². The average molecular weight is 356 g/mol. The molecule has 1 heterocycles. The van der Waals surface area contributed by atoms with Gasteiger partial charge in [-0.25, -0.2) is 4.90 Å². The molecule has 1 fully saturated rings. The minimum absolute atomic E-state index is 0.200. The molecule has 1 aliphatic rings. The molecule has 1 aliphatic heterocycles. The van der Waals surface area contributed by atoms with Gasteiger partial charge < -0.3 is 0 Å². The molecule has 4 rings (SSSR count). The highest BCUT2D eigenvalue weighted by atomic mass is 15.3. The number of nitrogens with zero attached hydrogens (tertiary/aromatic N) is 2. The van der Waals surface area contributed by atoms with Crippen LogP contribution in [0.4, 0.5) is 0 Å². The molecule has 0 radical (unpaired) electrons. The van der Waals surface area contributed by atoms with Crippen molar-refractivity contribution in [3.05, 3.63) is 108 Å². The van der Waals surface area contributed by atoms with E-state index < -0.39 is 0 Å². The average Bonchev–Trinajstić information content (AvgIpc) is 2.70. The quantitative estimate of drug-likeness (QED) is 0.587. The number of hydrogen-bond acceptors (Lipinski definition) is 0. The zero-order chi connectivity index (χ0) is 18.8. The third-order valence-corrected chi connectivity index (χ3v) is 5.55. The Kier molecular flexibility index (Phi) is 4.81. The Hall–Kier alpha value is -2.87. The topological polar surface area (TPSA) is 6.25 Å². The number of amidine groups is 1. The van der Waals surface area contributed by atoms with E-state index in [9.17, 15) is 0 Å². The Labute approximate surface area is 162 Å². The first-order valence-corrected chi connectivity index (χ1v) is 9.66. The number of likely N-dealkylation sites (tertiary alicyclic amines) is 1. The van der Waals surface area contributed by atoms with Gasteiger partial charge in [-0.2, -0.15) is 0 Å². The maximum absolute atomic E-state index is 2.60. The molecule has 2 heteroatoms. The Balaban J connectivity index is 1.87. The molecule has 3 aromatic carbocycles. The number of hydrogen-bond donors (Lipinski definition) is 0. The molecule has 0 bridgehead atoms. The van der Waals surface area contributed by atoms with Gasteiger partial charge in [0.1, 0.15) is 18.0 Å². The van der Waals surface area contributed by atoms with Gasteiger partial charge in [0.15, 0.2) is 0 Å². The fourth-order valence-corrected chi connectivity index (χ4v) is 4.49. The summed E-state index contributed by atoms with van der Waals surface area (Å²) in [4.78, 5) is 2.60. The van der Waals surface area contributed by atoms with E-state index in [2.05, 4.69) is 121 Å². The van der Waals surface area contributed by atoms with Gasteiger partial charge in [-0.05, 0) is 12.5 Å². The summed E-state index contributed by atoms with van der Waals surface area (Å²) < 4.78 is 2.28. The summed E-state index contributed by atoms with van der Waals surface area (Å²) in [5.41, 5.74) is 4.04. The minimum Gasteiger partial charge on any atom is -0.271 e. The zero-order valence-corrected chi connectivity index (χ0v) is 16.3. The molecule has 2 nitrogen and oxygen atoms in total. The van der Waals surface area contributed by atoms with Crippen LogP contribution >= 0.6 is 0 Å². The lowest BCUT2D eigenvalue weighted by Crippen LogP contribution is -2.58. The number of rotatable bonds is 4. The van der Waals surface area contributed by atoms with Gasteiger partial charge in [0.05, 0.1) is 14.1 Å². The van der Waals surface area contributed by atoms with E-state index in [-0.39, 0.29) is 6.04 Å². The molecule has 3 aromatic rings. The molecule has 2 unspecified atom stereocenters. The van der Waals surface area contributed by atoms with Gasteiger partial charge in [-0.1, -0.05) is 91.0 Å². The molecule has 0 aromatic heterocycles. The second-order valence-corrected chi connectivity index (χ2v) is 7.53. The predicted octanol–water partition coefficient (Wildman–Crippen LogP) is 5.14. The maximum atomic E-state index is 2.60. The lowest BCUT2D eigenvalue weighted by Gasteiger charge is -2.47. The molecule has 0 N–H and O–H groups in total. The summed E-state index contributed by atoms with van der Waals surface area (Å²) in [7, 11) is 4.32. The van der Waals surface area contributed by atoms with Crippen molar-refractivity contribution >= 4 is 5.84 Å². The first-order chi connectivity index (χ1) is 13.2. The van der Waals surface area contributed by atoms with E-state index in [0.29, 0.717) is 12.0 Å². The molecular formula is C25H27N2+. The summed E-state index contributed by atoms with van der Waals surface area (Å²) in [5, 5.41) is 0. The molecule has 2 atom stereocenters. The molecular weight excluding hydrogens is 328 g/mol. The third-order valence-electron chi connectivity index (χ3n) is 5.55. The van der Waals surface area contributed by atoms with Crippen LogP contribution in [-0.2, 0) is 0 Å². The van der Waals surface area contributed by atoms with Gasteiger partial charge in [0, 0.05) is 11.1 Å². The van der Waals surface area contributed by atoms with Crippen LogP contribution in [0.2, 0.25) is 0 Å². The van der Waals surface area contributed by atoms with Crippen LogP contribution in [0.25, 0.3) is 0 Å². The van der Waals surface area contributed by atoms with Gasteiger partial charge in [-0.3, -0.25) is 4.58 Å². The van der Waals surface area contributed by atoms with Crippen LogP contribution < -0.4 is 0 Å². The van der Waals surface area contributed by atoms with Gasteiger partial charge in [0.2, 0.25) is 0 Å². The standard InChI is InChI=1S/C25H27N2/c1-19-23(20-13-7-4-8-14-20)27(25(19)26(2)3)24(21-15-9-5-10-16-21)22-17-11-6-12-18-22/h4-19,23-24H,1-3H3/q+1. The van der Waals surface area contributed by atoms with Crippen molar-refractivity contribution in [3.8, 4) is 0 Å². The summed E-state index contributed by atoms with van der Waals surface area (Å²) in [6, 6.07) is 33.2. The van der Waals surface area contributed by atoms with Crippen molar-refractivity contribution in [2.75, 3.05) is 14.1 Å². The Bertz CT molecular complexity index is 873. The fourth-order valence-electron chi connectivity index (χ4n) is 4.49. The van der Waals surface area contributed by atoms with Crippen LogP contribution in [0.1, 0.15) is 35.7 Å². The minimum atomic E-state index is 0.200. The fraction of sp³-hybridized carbons (Fsp3) is 0.240. The largest absolute Gasteiger partial charge is 0.271 e. The van der Waals surface area contributed by atoms with Crippen LogP contribution in [0, 0.1) is 5.92 Å². The molecule has 27 heavy (non-hydrogen) atoms. The lowest BCUT2D eigenvalue weighted by molar-refractivity contribution is -0.479. The Morgan fingerprint density at radius 2 is 1.15 bits per heavy atom. The molecule has 0 spiro atoms. The van der Waals surface area contributed by atoms with Crippen molar-refractivity contribution in [3.63, 3.8) is 0 Å². The molecule has 136 valence electrons. The molecule has 0 saturated carbocycles. The molecule has 0 amide bonds. The third kappa shape index (κ3) is 3.16. The van der Waals surface area contributed by atoms with Crippen molar-refractivity contribution < 1.29 is 4.58 Å². The summed E-state index contributed by atoms with van der Waals surface area (Å²) in [6.07, 6.45) is 0. The van der Waals surface area contributed by atoms with Crippen LogP contribution in [0.5, 0.6) is 0 Å². The van der Waals surface area contributed by atoms with Crippen LogP contribution in [-0.4, -0.2) is 29.4 Å². The first kappa shape index (κ1) is 17.5. The highest BCUT2D eigenvalue weighted by molar-refractivity contribution is 5.88. The summed E-state index contributed by atoms with van der Waals surface area (Å²) in [5.74, 6) is 1.87. The van der Waals surface area contributed by atoms with Crippen molar-refractivity contribution in [2.24, 2.45) is 5.92 Å². The number of benzene rings is 3. The summed E-state index contributed by atoms with van der Waals surface area (Å²) >= 11 is 0. The smallest absolute Gasteiger partial charge is 0.255 e. The van der Waals surface area contributed by atoms with Crippen molar-refractivity contribution in [2.45, 2.75) is 19.0 Å². The molecule has 0 aliphatic carbocycles. The van der Waals surface area contributed by atoms with Gasteiger partial charge >= 0.3 is 0 Å². The normalized spacial score (nSPS) is 19.1. The van der Waals surface area contributed by atoms with E-state index >= 15 is 0 Å². The second-order valence-electron chi connectivity index (χ2n) is 7.53. The maximum Gasteiger partial charge on any atom is 0.255 e. The van der Waals surface area contributed by atoms with E-state index in [1.54, 1.807) is 0 Å². The summed E-state index contributed by atoms with van der Waals surface area (Å²) in [6.45, 7) is 2.34. The lowest BCUT2D eigenvalue weighted by atomic mass is 9.79. The SMILES string of the molecule is CC1C(=[N+](C)C)N(C(c2ccccc2)c2ccccc2)C1c1ccccc1. The predicted molar refractivity (Wildman–Crippen MR) is 112 cm³/mol. The first-order valence-electron chi connectivity index (χ1n) is 9.66. The highest BCUT2D eigenvalue weighted by Crippen LogP contribution is 2.47. The molecule has 1 saturated heterocycles. The van der Waals surface area contributed by atoms with Crippen LogP contribution in [0.3, 0.4) is 0 Å². The van der Waals surface area contributed by atoms with Crippen LogP contribution in [0.15, 0.2) is 91.0 Å². The zero-order valence-electron chi connectivity index (χ0n) is 16.3. The van der Waals surface area contributed by atoms with E-state index in [0.717, 1.165) is 0 Å². The van der Waals surface area contributed by atoms with Gasteiger partial charge in [-0.15, -0.1) is 0 Å². The van der Waals surface area contributed by atoms with Crippen molar-refractivity contribution in [1.82, 2.24) is 4.90 Å². The highest BCUT2D eigenvalue weighted by Gasteiger charge is 2.54. The van der Waals surface area contributed by atoms with E-state index in [1.807, 2.05) is 0 Å². The van der Waals surface area contributed by atoms with E-state index in [4.69, 9.17) is 0 Å². The second kappa shape index (κ2) is 7.40. The van der Waals surface area contributed by atoms with Crippen molar-refractivity contribution in [1.29, 1.82) is 0 Å². The van der Waals surface area contributed by atoms with Gasteiger partial charge in [0.25, 0.3) is 5.84 Å². The Morgan fingerprint density at radius 3 is 1.59 bits per heavy atom.